The Labute approximate surface area is 149 Å². The molecular formula is C19H17ClN2O3. The summed E-state index contributed by atoms with van der Waals surface area (Å²) in [7, 11) is 0. The lowest BCUT2D eigenvalue weighted by molar-refractivity contribution is -0.115. The summed E-state index contributed by atoms with van der Waals surface area (Å²) < 4.78 is 4.93. The highest BCUT2D eigenvalue weighted by Crippen LogP contribution is 2.22. The Balaban J connectivity index is 1.66. The first-order valence-corrected chi connectivity index (χ1v) is 8.27. The lowest BCUT2D eigenvalue weighted by atomic mass is 10.1. The molecule has 1 heterocycles. The van der Waals surface area contributed by atoms with Gasteiger partial charge in [-0.1, -0.05) is 17.7 Å². The van der Waals surface area contributed by atoms with E-state index < -0.39 is 0 Å². The summed E-state index contributed by atoms with van der Waals surface area (Å²) in [5.74, 6) is -0.516. The first-order valence-electron chi connectivity index (χ1n) is 7.89. The van der Waals surface area contributed by atoms with E-state index in [-0.39, 0.29) is 18.3 Å². The predicted octanol–water partition coefficient (Wildman–Crippen LogP) is 4.18. The van der Waals surface area contributed by atoms with Gasteiger partial charge in [0.1, 0.15) is 0 Å². The van der Waals surface area contributed by atoms with Crippen LogP contribution in [0.15, 0.2) is 48.7 Å². The van der Waals surface area contributed by atoms with Crippen molar-refractivity contribution in [2.75, 3.05) is 11.9 Å². The zero-order chi connectivity index (χ0) is 17.8. The molecule has 1 amide bonds. The Morgan fingerprint density at radius 3 is 2.64 bits per heavy atom. The van der Waals surface area contributed by atoms with E-state index in [1.165, 1.54) is 0 Å². The van der Waals surface area contributed by atoms with Crippen LogP contribution in [0.1, 0.15) is 22.8 Å². The molecule has 0 aliphatic carbocycles. The predicted molar refractivity (Wildman–Crippen MR) is 98.0 cm³/mol. The van der Waals surface area contributed by atoms with Gasteiger partial charge < -0.3 is 15.0 Å². The first kappa shape index (κ1) is 17.0. The molecule has 0 saturated heterocycles. The molecule has 0 aliphatic rings. The molecule has 0 fully saturated rings. The van der Waals surface area contributed by atoms with Crippen LogP contribution in [0.5, 0.6) is 0 Å². The van der Waals surface area contributed by atoms with Gasteiger partial charge in [-0.2, -0.15) is 0 Å². The Kier molecular flexibility index (Phi) is 5.05. The number of nitrogens with one attached hydrogen (secondary N) is 2. The van der Waals surface area contributed by atoms with Crippen molar-refractivity contribution in [3.8, 4) is 0 Å². The number of ether oxygens (including phenoxy) is 1. The fraction of sp³-hybridized carbons (Fsp3) is 0.158. The minimum Gasteiger partial charge on any atom is -0.462 e. The normalized spacial score (nSPS) is 10.6. The summed E-state index contributed by atoms with van der Waals surface area (Å²) in [5, 5.41) is 4.44. The number of esters is 1. The molecule has 5 nitrogen and oxygen atoms in total. The molecule has 2 aromatic carbocycles. The van der Waals surface area contributed by atoms with Crippen LogP contribution in [-0.4, -0.2) is 23.5 Å². The summed E-state index contributed by atoms with van der Waals surface area (Å²) in [6.45, 7) is 2.08. The smallest absolute Gasteiger partial charge is 0.338 e. The molecule has 2 N–H and O–H groups in total. The summed E-state index contributed by atoms with van der Waals surface area (Å²) in [6, 6.07) is 12.1. The van der Waals surface area contributed by atoms with Crippen LogP contribution in [-0.2, 0) is 16.0 Å². The van der Waals surface area contributed by atoms with Gasteiger partial charge in [0, 0.05) is 27.8 Å². The fourth-order valence-electron chi connectivity index (χ4n) is 2.59. The zero-order valence-electron chi connectivity index (χ0n) is 13.6. The van der Waals surface area contributed by atoms with Gasteiger partial charge in [0.05, 0.1) is 18.6 Å². The quantitative estimate of drug-likeness (QED) is 0.674. The summed E-state index contributed by atoms with van der Waals surface area (Å²) in [6.07, 6.45) is 2.05. The van der Waals surface area contributed by atoms with Gasteiger partial charge in [0.15, 0.2) is 0 Å². The number of benzene rings is 2. The molecule has 128 valence electrons. The molecule has 3 aromatic rings. The van der Waals surface area contributed by atoms with E-state index in [1.807, 2.05) is 18.3 Å². The Hall–Kier alpha value is -2.79. The second-order valence-corrected chi connectivity index (χ2v) is 5.96. The van der Waals surface area contributed by atoms with Crippen molar-refractivity contribution in [1.29, 1.82) is 0 Å². The average molecular weight is 357 g/mol. The van der Waals surface area contributed by atoms with E-state index in [0.717, 1.165) is 16.5 Å². The number of halogens is 1. The minimum absolute atomic E-state index is 0.139. The van der Waals surface area contributed by atoms with Crippen molar-refractivity contribution in [1.82, 2.24) is 4.98 Å². The molecule has 3 rings (SSSR count). The first-order chi connectivity index (χ1) is 12.1. The van der Waals surface area contributed by atoms with E-state index in [2.05, 4.69) is 10.3 Å². The number of carbonyl (C=O) groups is 2. The number of fused-ring (bicyclic) bond motifs is 1. The van der Waals surface area contributed by atoms with Crippen molar-refractivity contribution >= 4 is 40.1 Å². The summed E-state index contributed by atoms with van der Waals surface area (Å²) in [4.78, 5) is 27.0. The number of hydrogen-bond donors (Lipinski definition) is 2. The van der Waals surface area contributed by atoms with E-state index in [1.54, 1.807) is 37.3 Å². The number of hydrogen-bond acceptors (Lipinski definition) is 3. The average Bonchev–Trinajstić information content (AvgIpc) is 2.97. The maximum Gasteiger partial charge on any atom is 0.338 e. The maximum atomic E-state index is 12.3. The highest BCUT2D eigenvalue weighted by atomic mass is 35.5. The number of aromatic nitrogens is 1. The summed E-state index contributed by atoms with van der Waals surface area (Å²) >= 11 is 5.96. The minimum atomic E-state index is -0.377. The number of carbonyl (C=O) groups excluding carboxylic acids is 2. The third kappa shape index (κ3) is 4.00. The highest BCUT2D eigenvalue weighted by molar-refractivity contribution is 6.31. The van der Waals surface area contributed by atoms with Crippen LogP contribution < -0.4 is 5.32 Å². The molecular weight excluding hydrogens is 340 g/mol. The molecule has 0 unspecified atom stereocenters. The van der Waals surface area contributed by atoms with Crippen LogP contribution >= 0.6 is 11.6 Å². The fourth-order valence-corrected chi connectivity index (χ4v) is 2.76. The molecule has 0 saturated carbocycles. The van der Waals surface area contributed by atoms with Crippen molar-refractivity contribution in [3.05, 3.63) is 64.8 Å². The number of amides is 1. The number of anilines is 1. The highest BCUT2D eigenvalue weighted by Gasteiger charge is 2.10. The van der Waals surface area contributed by atoms with Gasteiger partial charge in [-0.05, 0) is 48.9 Å². The molecule has 0 aliphatic heterocycles. The molecule has 0 atom stereocenters. The second kappa shape index (κ2) is 7.40. The van der Waals surface area contributed by atoms with Crippen molar-refractivity contribution in [2.45, 2.75) is 13.3 Å². The number of H-pyrrole nitrogens is 1. The molecule has 0 radical (unpaired) electrons. The molecule has 0 bridgehead atoms. The van der Waals surface area contributed by atoms with Crippen LogP contribution in [0, 0.1) is 0 Å². The van der Waals surface area contributed by atoms with E-state index in [0.29, 0.717) is 22.9 Å². The standard InChI is InChI=1S/C19H17ClN2O3/c1-2-25-19(24)12-3-6-15(7-4-12)22-18(23)9-13-11-21-17-10-14(20)5-8-16(13)17/h3-8,10-11,21H,2,9H2,1H3,(H,22,23). The van der Waals surface area contributed by atoms with Gasteiger partial charge in [0.25, 0.3) is 0 Å². The Bertz CT molecular complexity index is 916. The lowest BCUT2D eigenvalue weighted by Gasteiger charge is -2.06. The van der Waals surface area contributed by atoms with Gasteiger partial charge >= 0.3 is 5.97 Å². The van der Waals surface area contributed by atoms with Crippen molar-refractivity contribution < 1.29 is 14.3 Å². The maximum absolute atomic E-state index is 12.3. The molecule has 6 heteroatoms. The lowest BCUT2D eigenvalue weighted by Crippen LogP contribution is -2.14. The van der Waals surface area contributed by atoms with Gasteiger partial charge in [-0.3, -0.25) is 4.79 Å². The Morgan fingerprint density at radius 1 is 1.16 bits per heavy atom. The number of rotatable bonds is 5. The third-order valence-corrected chi connectivity index (χ3v) is 4.00. The van der Waals surface area contributed by atoms with E-state index in [4.69, 9.17) is 16.3 Å². The van der Waals surface area contributed by atoms with Crippen LogP contribution in [0.25, 0.3) is 10.9 Å². The van der Waals surface area contributed by atoms with Crippen molar-refractivity contribution in [2.24, 2.45) is 0 Å². The van der Waals surface area contributed by atoms with Gasteiger partial charge in [0.2, 0.25) is 5.91 Å². The Morgan fingerprint density at radius 2 is 1.92 bits per heavy atom. The third-order valence-electron chi connectivity index (χ3n) is 3.76. The topological polar surface area (TPSA) is 71.2 Å². The van der Waals surface area contributed by atoms with Crippen LogP contribution in [0.2, 0.25) is 5.02 Å². The molecule has 1 aromatic heterocycles. The largest absolute Gasteiger partial charge is 0.462 e. The van der Waals surface area contributed by atoms with Crippen LogP contribution in [0.4, 0.5) is 5.69 Å². The second-order valence-electron chi connectivity index (χ2n) is 5.53. The van der Waals surface area contributed by atoms with Gasteiger partial charge in [-0.15, -0.1) is 0 Å². The SMILES string of the molecule is CCOC(=O)c1ccc(NC(=O)Cc2c[nH]c3cc(Cl)ccc23)cc1. The molecule has 0 spiro atoms. The van der Waals surface area contributed by atoms with Crippen molar-refractivity contribution in [3.63, 3.8) is 0 Å². The van der Waals surface area contributed by atoms with E-state index >= 15 is 0 Å². The molecule has 25 heavy (non-hydrogen) atoms. The monoisotopic (exact) mass is 356 g/mol. The van der Waals surface area contributed by atoms with E-state index in [9.17, 15) is 9.59 Å². The zero-order valence-corrected chi connectivity index (χ0v) is 14.4. The summed E-state index contributed by atoms with van der Waals surface area (Å²) in [5.41, 5.74) is 2.87. The van der Waals surface area contributed by atoms with Gasteiger partial charge in [-0.25, -0.2) is 4.79 Å². The van der Waals surface area contributed by atoms with Crippen LogP contribution in [0.3, 0.4) is 0 Å². The number of aromatic amines is 1.